The number of ether oxygens (including phenoxy) is 2. The van der Waals surface area contributed by atoms with Crippen LogP contribution in [0.15, 0.2) is 6.07 Å². The van der Waals surface area contributed by atoms with Crippen LogP contribution in [0.5, 0.6) is 11.6 Å². The van der Waals surface area contributed by atoms with E-state index in [1.54, 1.807) is 0 Å². The predicted molar refractivity (Wildman–Crippen MR) is 52.0 cm³/mol. The summed E-state index contributed by atoms with van der Waals surface area (Å²) in [6.45, 7) is 0. The van der Waals surface area contributed by atoms with Gasteiger partial charge in [0, 0.05) is 11.4 Å². The maximum atomic E-state index is 12.6. The highest BCUT2D eigenvalue weighted by Crippen LogP contribution is 2.38. The smallest absolute Gasteiger partial charge is 0.491 e. The third-order valence-corrected chi connectivity index (χ3v) is 2.17. The number of pyridine rings is 1. The Kier molecular flexibility index (Phi) is 4.39. The third kappa shape index (κ3) is 4.05. The van der Waals surface area contributed by atoms with Crippen molar-refractivity contribution in [3.8, 4) is 11.6 Å². The number of alkyl halides is 7. The van der Waals surface area contributed by atoms with E-state index in [0.717, 1.165) is 7.11 Å². The van der Waals surface area contributed by atoms with Gasteiger partial charge in [0.1, 0.15) is 0 Å². The largest absolute Gasteiger partial charge is 0.574 e. The SMILES string of the molecule is COc1cc(CCl)c(C(F)(F)F)nc1OC(F)(F)F. The molecule has 0 aliphatic rings. The first kappa shape index (κ1) is 15.7. The van der Waals surface area contributed by atoms with E-state index in [-0.39, 0.29) is 0 Å². The molecule has 10 heteroatoms. The third-order valence-electron chi connectivity index (χ3n) is 1.88. The van der Waals surface area contributed by atoms with Crippen LogP contribution in [-0.4, -0.2) is 18.5 Å². The molecule has 0 aliphatic heterocycles. The van der Waals surface area contributed by atoms with Crippen molar-refractivity contribution in [2.24, 2.45) is 0 Å². The van der Waals surface area contributed by atoms with E-state index in [2.05, 4.69) is 14.5 Å². The molecule has 1 aromatic heterocycles. The predicted octanol–water partition coefficient (Wildman–Crippen LogP) is 3.75. The zero-order valence-corrected chi connectivity index (χ0v) is 9.95. The van der Waals surface area contributed by atoms with Gasteiger partial charge in [-0.15, -0.1) is 24.8 Å². The second kappa shape index (κ2) is 5.32. The van der Waals surface area contributed by atoms with Crippen molar-refractivity contribution in [1.29, 1.82) is 0 Å². The van der Waals surface area contributed by atoms with Gasteiger partial charge in [-0.2, -0.15) is 13.2 Å². The lowest BCUT2D eigenvalue weighted by molar-refractivity contribution is -0.277. The van der Waals surface area contributed by atoms with Crippen molar-refractivity contribution in [2.45, 2.75) is 18.4 Å². The normalized spacial score (nSPS) is 12.4. The van der Waals surface area contributed by atoms with E-state index < -0.39 is 41.3 Å². The molecule has 0 atom stereocenters. The van der Waals surface area contributed by atoms with Crippen LogP contribution in [0.4, 0.5) is 26.3 Å². The summed E-state index contributed by atoms with van der Waals surface area (Å²) in [6, 6.07) is 0.698. The zero-order valence-electron chi connectivity index (χ0n) is 9.19. The van der Waals surface area contributed by atoms with Crippen molar-refractivity contribution in [2.75, 3.05) is 7.11 Å². The molecule has 0 spiro atoms. The van der Waals surface area contributed by atoms with Gasteiger partial charge in [-0.25, -0.2) is 4.98 Å². The second-order valence-corrected chi connectivity index (χ2v) is 3.45. The summed E-state index contributed by atoms with van der Waals surface area (Å²) in [5.41, 5.74) is -2.07. The Labute approximate surface area is 108 Å². The Morgan fingerprint density at radius 3 is 2.16 bits per heavy atom. The van der Waals surface area contributed by atoms with Crippen LogP contribution < -0.4 is 9.47 Å². The van der Waals surface area contributed by atoms with Crippen LogP contribution in [0, 0.1) is 0 Å². The molecule has 108 valence electrons. The number of nitrogens with zero attached hydrogens (tertiary/aromatic N) is 1. The molecule has 0 aromatic carbocycles. The van der Waals surface area contributed by atoms with Gasteiger partial charge in [0.2, 0.25) is 0 Å². The number of rotatable bonds is 3. The molecule has 0 saturated carbocycles. The zero-order chi connectivity index (χ0) is 14.8. The molecule has 0 aliphatic carbocycles. The summed E-state index contributed by atoms with van der Waals surface area (Å²) in [7, 11) is 0.964. The molecule has 0 saturated heterocycles. The Balaban J connectivity index is 3.38. The molecule has 0 radical (unpaired) electrons. The fraction of sp³-hybridized carbons (Fsp3) is 0.444. The molecule has 0 N–H and O–H groups in total. The molecule has 0 bridgehead atoms. The molecule has 19 heavy (non-hydrogen) atoms. The van der Waals surface area contributed by atoms with Gasteiger partial charge >= 0.3 is 12.5 Å². The van der Waals surface area contributed by atoms with Gasteiger partial charge in [-0.3, -0.25) is 0 Å². The van der Waals surface area contributed by atoms with Crippen molar-refractivity contribution in [3.63, 3.8) is 0 Å². The molecule has 0 fully saturated rings. The minimum absolute atomic E-state index is 0.513. The van der Waals surface area contributed by atoms with E-state index in [4.69, 9.17) is 11.6 Å². The monoisotopic (exact) mass is 309 g/mol. The highest BCUT2D eigenvalue weighted by Gasteiger charge is 2.39. The molecule has 0 amide bonds. The minimum atomic E-state index is -5.19. The van der Waals surface area contributed by atoms with Crippen molar-refractivity contribution in [1.82, 2.24) is 4.98 Å². The topological polar surface area (TPSA) is 31.4 Å². The summed E-state index contributed by atoms with van der Waals surface area (Å²) in [5.74, 6) is -2.51. The first-order chi connectivity index (χ1) is 8.58. The lowest BCUT2D eigenvalue weighted by Gasteiger charge is -2.16. The summed E-state index contributed by atoms with van der Waals surface area (Å²) in [6.07, 6.45) is -10.1. The van der Waals surface area contributed by atoms with Crippen LogP contribution in [0.2, 0.25) is 0 Å². The average molecular weight is 310 g/mol. The molecular formula is C9H6ClF6NO2. The number of hydrogen-bond donors (Lipinski definition) is 0. The maximum absolute atomic E-state index is 12.6. The lowest BCUT2D eigenvalue weighted by Crippen LogP contribution is -2.20. The first-order valence-electron chi connectivity index (χ1n) is 4.55. The van der Waals surface area contributed by atoms with Crippen LogP contribution in [0.3, 0.4) is 0 Å². The summed E-state index contributed by atoms with van der Waals surface area (Å²) >= 11 is 5.29. The molecule has 3 nitrogen and oxygen atoms in total. The van der Waals surface area contributed by atoms with Crippen LogP contribution in [0.1, 0.15) is 11.3 Å². The van der Waals surface area contributed by atoms with Crippen molar-refractivity contribution >= 4 is 11.6 Å². The minimum Gasteiger partial charge on any atom is -0.491 e. The maximum Gasteiger partial charge on any atom is 0.574 e. The number of halogens is 7. The first-order valence-corrected chi connectivity index (χ1v) is 5.08. The molecule has 0 unspecified atom stereocenters. The van der Waals surface area contributed by atoms with E-state index in [0.29, 0.717) is 6.07 Å². The van der Waals surface area contributed by atoms with Gasteiger partial charge in [0.05, 0.1) is 7.11 Å². The Bertz CT molecular complexity index is 459. The summed E-state index contributed by atoms with van der Waals surface area (Å²) < 4.78 is 81.8. The van der Waals surface area contributed by atoms with E-state index >= 15 is 0 Å². The van der Waals surface area contributed by atoms with Crippen molar-refractivity contribution in [3.05, 3.63) is 17.3 Å². The quantitative estimate of drug-likeness (QED) is 0.629. The summed E-state index contributed by atoms with van der Waals surface area (Å²) in [4.78, 5) is 2.79. The molecule has 1 heterocycles. The van der Waals surface area contributed by atoms with Gasteiger partial charge < -0.3 is 9.47 Å². The van der Waals surface area contributed by atoms with Crippen molar-refractivity contribution < 1.29 is 35.8 Å². The van der Waals surface area contributed by atoms with Gasteiger partial charge in [0.15, 0.2) is 11.4 Å². The Morgan fingerprint density at radius 2 is 1.79 bits per heavy atom. The Hall–Kier alpha value is -1.38. The number of hydrogen-bond acceptors (Lipinski definition) is 3. The van der Waals surface area contributed by atoms with Gasteiger partial charge in [-0.05, 0) is 6.07 Å². The Morgan fingerprint density at radius 1 is 1.21 bits per heavy atom. The molecular weight excluding hydrogens is 304 g/mol. The highest BCUT2D eigenvalue weighted by molar-refractivity contribution is 6.17. The lowest BCUT2D eigenvalue weighted by atomic mass is 10.2. The highest BCUT2D eigenvalue weighted by atomic mass is 35.5. The fourth-order valence-corrected chi connectivity index (χ4v) is 1.40. The van der Waals surface area contributed by atoms with Gasteiger partial charge in [0.25, 0.3) is 5.88 Å². The van der Waals surface area contributed by atoms with Crippen LogP contribution in [-0.2, 0) is 12.1 Å². The fourth-order valence-electron chi connectivity index (χ4n) is 1.19. The number of methoxy groups -OCH3 is 1. The average Bonchev–Trinajstić information content (AvgIpc) is 2.25. The summed E-state index contributed by atoms with van der Waals surface area (Å²) in [5, 5.41) is 0. The van der Waals surface area contributed by atoms with Crippen LogP contribution in [0.25, 0.3) is 0 Å². The van der Waals surface area contributed by atoms with Crippen LogP contribution >= 0.6 is 11.6 Å². The molecule has 1 aromatic rings. The standard InChI is InChI=1S/C9H6ClF6NO2/c1-18-5-2-4(3-10)6(8(11,12)13)17-7(5)19-9(14,15)16/h2H,3H2,1H3. The van der Waals surface area contributed by atoms with E-state index in [9.17, 15) is 26.3 Å². The number of aromatic nitrogens is 1. The van der Waals surface area contributed by atoms with E-state index in [1.165, 1.54) is 0 Å². The molecule has 1 rings (SSSR count). The van der Waals surface area contributed by atoms with Gasteiger partial charge in [-0.1, -0.05) is 0 Å². The van der Waals surface area contributed by atoms with E-state index in [1.807, 2.05) is 0 Å². The second-order valence-electron chi connectivity index (χ2n) is 3.18.